The third-order valence-corrected chi connectivity index (χ3v) is 22.0. The van der Waals surface area contributed by atoms with Gasteiger partial charge >= 0.3 is 0 Å². The van der Waals surface area contributed by atoms with Gasteiger partial charge in [0.1, 0.15) is 11.2 Å². The van der Waals surface area contributed by atoms with E-state index in [1.54, 1.807) is 0 Å². The number of thiophene rings is 3. The molecule has 6 heteroatoms. The summed E-state index contributed by atoms with van der Waals surface area (Å²) in [6.07, 6.45) is 0. The van der Waals surface area contributed by atoms with Crippen LogP contribution in [0, 0.1) is 0 Å². The number of hydrogen-bond donors (Lipinski definition) is 0. The van der Waals surface area contributed by atoms with E-state index in [1.807, 2.05) is 46.1 Å². The molecule has 0 aliphatic heterocycles. The van der Waals surface area contributed by atoms with Crippen LogP contribution in [-0.2, 0) is 0 Å². The first-order valence-corrected chi connectivity index (χ1v) is 34.9. The van der Waals surface area contributed by atoms with Crippen molar-refractivity contribution in [1.29, 1.82) is 0 Å². The molecule has 0 aliphatic carbocycles. The predicted octanol–water partition coefficient (Wildman–Crippen LogP) is 27.7. The lowest BCUT2D eigenvalue weighted by atomic mass is 10.0. The molecule has 0 fully saturated rings. The maximum atomic E-state index is 6.16. The second kappa shape index (κ2) is 24.4. The van der Waals surface area contributed by atoms with Crippen LogP contribution in [0.3, 0.4) is 0 Å². The molecule has 452 valence electrons. The Labute approximate surface area is 568 Å². The van der Waals surface area contributed by atoms with E-state index in [2.05, 4.69) is 350 Å². The van der Waals surface area contributed by atoms with Gasteiger partial charge in [0, 0.05) is 105 Å². The fourth-order valence-electron chi connectivity index (χ4n) is 13.7. The highest BCUT2D eigenvalue weighted by Gasteiger charge is 2.20. The number of furan rings is 1. The molecule has 0 atom stereocenters. The molecule has 3 nitrogen and oxygen atoms in total. The summed E-state index contributed by atoms with van der Waals surface area (Å²) in [6.45, 7) is 0. The molecule has 0 unspecified atom stereocenters. The lowest BCUT2D eigenvalue weighted by Crippen LogP contribution is -2.09. The highest BCUT2D eigenvalue weighted by molar-refractivity contribution is 7.26. The standard InChI is InChI=1S/C48H31NS2.C42H27NOS/c1-3-9-32(10-4-1)34-15-21-38(22-16-34)49(39-23-17-35(18-24-39)37-20-26-42-41-13-7-8-14-45(41)50-46(42)30-37)40-25-28-44-43-27-19-36(33-11-5-2-6-12-33)29-47(43)51-48(44)31-40;1-2-8-28(9-3-1)29-14-19-32(20-15-29)43(34-23-25-40-38(27-34)35-10-4-6-12-39(35)44-40)33-21-16-30(17-22-33)31-18-24-37-36-11-5-7-13-41(36)45-42(37)26-31/h1-31H;1-27H. The van der Waals surface area contributed by atoms with Gasteiger partial charge in [0.15, 0.2) is 0 Å². The van der Waals surface area contributed by atoms with Crippen molar-refractivity contribution in [1.82, 2.24) is 0 Å². The maximum Gasteiger partial charge on any atom is 0.135 e. The van der Waals surface area contributed by atoms with E-state index in [1.165, 1.54) is 116 Å². The predicted molar refractivity (Wildman–Crippen MR) is 415 cm³/mol. The quantitative estimate of drug-likeness (QED) is 0.129. The molecule has 0 saturated carbocycles. The van der Waals surface area contributed by atoms with Crippen LogP contribution in [0.25, 0.3) is 138 Å². The molecular formula is C90H58N2OS3. The molecule has 0 aliphatic rings. The number of rotatable bonds is 11. The third-order valence-electron chi connectivity index (χ3n) is 18.6. The first kappa shape index (κ1) is 57.1. The SMILES string of the molecule is c1ccc(-c2ccc(N(c3ccc(-c4ccc5c(c4)sc4ccccc45)cc3)c3ccc4c(c3)sc3cc(-c5ccccc5)ccc34)cc2)cc1.c1ccc(-c2ccc(N(c3ccc(-c4ccc5c(c4)sc4ccccc45)cc3)c3ccc4oc5ccccc5c4c3)cc2)cc1. The summed E-state index contributed by atoms with van der Waals surface area (Å²) in [5, 5.41) is 10.2. The number of fused-ring (bicyclic) bond motifs is 12. The number of para-hydroxylation sites is 1. The van der Waals surface area contributed by atoms with Crippen molar-refractivity contribution in [2.75, 3.05) is 9.80 Å². The van der Waals surface area contributed by atoms with Crippen molar-refractivity contribution in [3.8, 4) is 55.6 Å². The summed E-state index contributed by atoms with van der Waals surface area (Å²) in [7, 11) is 0. The number of benzene rings is 15. The highest BCUT2D eigenvalue weighted by Crippen LogP contribution is 2.46. The van der Waals surface area contributed by atoms with Gasteiger partial charge in [-0.3, -0.25) is 0 Å². The zero-order chi connectivity index (χ0) is 63.5. The molecule has 4 aromatic heterocycles. The van der Waals surface area contributed by atoms with Crippen LogP contribution >= 0.6 is 34.0 Å². The Morgan fingerprint density at radius 3 is 0.875 bits per heavy atom. The minimum atomic E-state index is 0.895. The Hall–Kier alpha value is -11.6. The second-order valence-electron chi connectivity index (χ2n) is 24.3. The molecule has 19 rings (SSSR count). The van der Waals surface area contributed by atoms with Crippen LogP contribution in [0.15, 0.2) is 356 Å². The van der Waals surface area contributed by atoms with Gasteiger partial charge in [0.05, 0.1) is 0 Å². The van der Waals surface area contributed by atoms with Crippen LogP contribution in [0.1, 0.15) is 0 Å². The Bertz CT molecular complexity index is 6050. The van der Waals surface area contributed by atoms with Crippen LogP contribution in [0.4, 0.5) is 34.1 Å². The first-order chi connectivity index (χ1) is 47.5. The number of hydrogen-bond acceptors (Lipinski definition) is 6. The summed E-state index contributed by atoms with van der Waals surface area (Å²) in [6, 6.07) is 127. The molecule has 0 radical (unpaired) electrons. The average Bonchev–Trinajstić information content (AvgIpc) is 1.66. The van der Waals surface area contributed by atoms with E-state index in [-0.39, 0.29) is 0 Å². The lowest BCUT2D eigenvalue weighted by Gasteiger charge is -2.26. The third kappa shape index (κ3) is 10.6. The molecule has 96 heavy (non-hydrogen) atoms. The lowest BCUT2D eigenvalue weighted by molar-refractivity contribution is 0.669. The Kier molecular flexibility index (Phi) is 14.5. The number of anilines is 6. The van der Waals surface area contributed by atoms with E-state index >= 15 is 0 Å². The average molecular weight is 1280 g/mol. The van der Waals surface area contributed by atoms with Crippen LogP contribution in [0.2, 0.25) is 0 Å². The Balaban J connectivity index is 0.000000141. The van der Waals surface area contributed by atoms with Crippen molar-refractivity contribution in [2.24, 2.45) is 0 Å². The van der Waals surface area contributed by atoms with E-state index < -0.39 is 0 Å². The zero-order valence-corrected chi connectivity index (χ0v) is 54.5. The molecular weight excluding hydrogens is 1220 g/mol. The summed E-state index contributed by atoms with van der Waals surface area (Å²) in [4.78, 5) is 4.71. The largest absolute Gasteiger partial charge is 0.456 e. The molecule has 0 bridgehead atoms. The van der Waals surface area contributed by atoms with Crippen LogP contribution < -0.4 is 9.80 Å². The van der Waals surface area contributed by atoms with Gasteiger partial charge in [-0.25, -0.2) is 0 Å². The van der Waals surface area contributed by atoms with Crippen molar-refractivity contribution in [3.05, 3.63) is 352 Å². The van der Waals surface area contributed by atoms with E-state index in [0.29, 0.717) is 0 Å². The molecule has 0 spiro atoms. The van der Waals surface area contributed by atoms with Crippen molar-refractivity contribution in [3.63, 3.8) is 0 Å². The summed E-state index contributed by atoms with van der Waals surface area (Å²) in [5.41, 5.74) is 20.7. The smallest absolute Gasteiger partial charge is 0.135 e. The van der Waals surface area contributed by atoms with Gasteiger partial charge < -0.3 is 14.2 Å². The number of nitrogens with zero attached hydrogens (tertiary/aromatic N) is 2. The van der Waals surface area contributed by atoms with Crippen LogP contribution in [-0.4, -0.2) is 0 Å². The Morgan fingerprint density at radius 1 is 0.167 bits per heavy atom. The van der Waals surface area contributed by atoms with E-state index in [0.717, 1.165) is 56.1 Å². The minimum Gasteiger partial charge on any atom is -0.456 e. The van der Waals surface area contributed by atoms with Gasteiger partial charge in [-0.1, -0.05) is 237 Å². The molecule has 19 aromatic rings. The maximum absolute atomic E-state index is 6.16. The van der Waals surface area contributed by atoms with Gasteiger partial charge in [-0.15, -0.1) is 34.0 Å². The van der Waals surface area contributed by atoms with Gasteiger partial charge in [0.25, 0.3) is 0 Å². The summed E-state index contributed by atoms with van der Waals surface area (Å²) >= 11 is 5.59. The molecule has 4 heterocycles. The molecule has 0 saturated heterocycles. The van der Waals surface area contributed by atoms with Gasteiger partial charge in [-0.2, -0.15) is 0 Å². The van der Waals surface area contributed by atoms with E-state index in [4.69, 9.17) is 4.42 Å². The van der Waals surface area contributed by atoms with Gasteiger partial charge in [-0.05, 0) is 171 Å². The molecule has 0 N–H and O–H groups in total. The normalized spacial score (nSPS) is 11.5. The molecule has 0 amide bonds. The summed E-state index contributed by atoms with van der Waals surface area (Å²) < 4.78 is 14.1. The summed E-state index contributed by atoms with van der Waals surface area (Å²) in [5.74, 6) is 0. The topological polar surface area (TPSA) is 19.6 Å². The first-order valence-electron chi connectivity index (χ1n) is 32.4. The molecule has 15 aromatic carbocycles. The van der Waals surface area contributed by atoms with E-state index in [9.17, 15) is 0 Å². The van der Waals surface area contributed by atoms with Crippen molar-refractivity contribution >= 4 is 151 Å². The van der Waals surface area contributed by atoms with Crippen molar-refractivity contribution in [2.45, 2.75) is 0 Å². The minimum absolute atomic E-state index is 0.895. The van der Waals surface area contributed by atoms with Crippen molar-refractivity contribution < 1.29 is 4.42 Å². The fraction of sp³-hybridized carbons (Fsp3) is 0. The Morgan fingerprint density at radius 2 is 0.438 bits per heavy atom. The van der Waals surface area contributed by atoms with Gasteiger partial charge in [0.2, 0.25) is 0 Å². The zero-order valence-electron chi connectivity index (χ0n) is 52.0. The second-order valence-corrected chi connectivity index (χ2v) is 27.6. The monoisotopic (exact) mass is 1280 g/mol. The fourth-order valence-corrected chi connectivity index (χ4v) is 17.2. The highest BCUT2D eigenvalue weighted by atomic mass is 32.1. The van der Waals surface area contributed by atoms with Crippen LogP contribution in [0.5, 0.6) is 0 Å².